The first-order valence-electron chi connectivity index (χ1n) is 9.70. The van der Waals surface area contributed by atoms with Crippen molar-refractivity contribution in [3.8, 4) is 22.5 Å². The standard InChI is InChI=1S/C24H15N3O4S/c28-23-19(13-7-12-18-14-15-20(31-18)27(29)30)32-24-25-21(16-8-3-1-4-9-16)22(26(23)24)17-10-5-2-6-11-17/h1-15H. The van der Waals surface area contributed by atoms with Gasteiger partial charge in [-0.1, -0.05) is 78.1 Å². The van der Waals surface area contributed by atoms with Crippen LogP contribution < -0.4 is 10.1 Å². The third-order valence-electron chi connectivity index (χ3n) is 4.86. The van der Waals surface area contributed by atoms with E-state index in [4.69, 9.17) is 9.40 Å². The molecule has 0 bridgehead atoms. The van der Waals surface area contributed by atoms with Crippen LogP contribution >= 0.6 is 11.3 Å². The molecule has 0 aliphatic heterocycles. The van der Waals surface area contributed by atoms with Gasteiger partial charge in [0.25, 0.3) is 5.56 Å². The number of nitro groups is 1. The van der Waals surface area contributed by atoms with Gasteiger partial charge in [0.1, 0.15) is 10.7 Å². The van der Waals surface area contributed by atoms with Crippen LogP contribution in [-0.2, 0) is 0 Å². The van der Waals surface area contributed by atoms with Crippen molar-refractivity contribution in [2.75, 3.05) is 0 Å². The summed E-state index contributed by atoms with van der Waals surface area (Å²) in [4.78, 5) is 28.8. The molecule has 0 spiro atoms. The molecular formula is C24H15N3O4S. The zero-order valence-corrected chi connectivity index (χ0v) is 17.4. The van der Waals surface area contributed by atoms with Crippen LogP contribution in [0.25, 0.3) is 39.6 Å². The number of hydrogen-bond donors (Lipinski definition) is 0. The number of fused-ring (bicyclic) bond motifs is 1. The molecule has 0 aliphatic carbocycles. The Kier molecular flexibility index (Phi) is 4.97. The van der Waals surface area contributed by atoms with Crippen molar-refractivity contribution in [1.29, 1.82) is 0 Å². The van der Waals surface area contributed by atoms with Crippen molar-refractivity contribution in [1.82, 2.24) is 9.38 Å². The van der Waals surface area contributed by atoms with Gasteiger partial charge in [-0.3, -0.25) is 14.9 Å². The van der Waals surface area contributed by atoms with E-state index in [0.717, 1.165) is 22.5 Å². The van der Waals surface area contributed by atoms with Crippen LogP contribution in [0.2, 0.25) is 0 Å². The Morgan fingerprint density at radius 2 is 1.66 bits per heavy atom. The van der Waals surface area contributed by atoms with Crippen LogP contribution in [0.15, 0.2) is 88.1 Å². The van der Waals surface area contributed by atoms with Crippen molar-refractivity contribution in [2.24, 2.45) is 0 Å². The fraction of sp³-hybridized carbons (Fsp3) is 0. The maximum atomic E-state index is 13.3. The quantitative estimate of drug-likeness (QED) is 0.289. The number of imidazole rings is 1. The molecular weight excluding hydrogens is 426 g/mol. The van der Waals surface area contributed by atoms with Gasteiger partial charge >= 0.3 is 5.88 Å². The number of nitrogens with zero attached hydrogens (tertiary/aromatic N) is 3. The van der Waals surface area contributed by atoms with Crippen LogP contribution in [0.1, 0.15) is 5.76 Å². The number of hydrogen-bond acceptors (Lipinski definition) is 6. The molecule has 0 saturated carbocycles. The van der Waals surface area contributed by atoms with Gasteiger partial charge in [0.05, 0.1) is 22.0 Å². The Morgan fingerprint density at radius 1 is 0.969 bits per heavy atom. The summed E-state index contributed by atoms with van der Waals surface area (Å²) in [5.41, 5.74) is 3.17. The van der Waals surface area contributed by atoms with E-state index < -0.39 is 4.92 Å². The highest BCUT2D eigenvalue weighted by Gasteiger charge is 2.19. The Morgan fingerprint density at radius 3 is 2.31 bits per heavy atom. The predicted molar refractivity (Wildman–Crippen MR) is 124 cm³/mol. The number of thiazole rings is 1. The average molecular weight is 441 g/mol. The van der Waals surface area contributed by atoms with E-state index in [1.165, 1.54) is 23.5 Å². The molecule has 0 aliphatic rings. The van der Waals surface area contributed by atoms with Gasteiger partial charge in [0.15, 0.2) is 4.96 Å². The fourth-order valence-corrected chi connectivity index (χ4v) is 4.36. The molecule has 156 valence electrons. The summed E-state index contributed by atoms with van der Waals surface area (Å²) in [5.74, 6) is 0.00257. The molecule has 0 radical (unpaired) electrons. The maximum absolute atomic E-state index is 13.3. The topological polar surface area (TPSA) is 90.6 Å². The van der Waals surface area contributed by atoms with E-state index in [1.54, 1.807) is 22.6 Å². The van der Waals surface area contributed by atoms with Crippen molar-refractivity contribution in [3.63, 3.8) is 0 Å². The second kappa shape index (κ2) is 8.09. The van der Waals surface area contributed by atoms with Gasteiger partial charge in [-0.25, -0.2) is 9.38 Å². The van der Waals surface area contributed by atoms with E-state index >= 15 is 0 Å². The van der Waals surface area contributed by atoms with E-state index in [0.29, 0.717) is 15.3 Å². The lowest BCUT2D eigenvalue weighted by Gasteiger charge is -2.04. The van der Waals surface area contributed by atoms with Crippen molar-refractivity contribution in [3.05, 3.63) is 110 Å². The summed E-state index contributed by atoms with van der Waals surface area (Å²) < 4.78 is 7.24. The molecule has 3 heterocycles. The van der Waals surface area contributed by atoms with Crippen LogP contribution in [0.3, 0.4) is 0 Å². The number of rotatable bonds is 5. The van der Waals surface area contributed by atoms with Crippen LogP contribution in [0.5, 0.6) is 0 Å². The average Bonchev–Trinajstić information content (AvgIpc) is 3.51. The summed E-state index contributed by atoms with van der Waals surface area (Å²) in [6.45, 7) is 0. The van der Waals surface area contributed by atoms with Crippen LogP contribution in [-0.4, -0.2) is 14.3 Å². The predicted octanol–water partition coefficient (Wildman–Crippen LogP) is 4.80. The lowest BCUT2D eigenvalue weighted by atomic mass is 10.1. The minimum absolute atomic E-state index is 0.173. The molecule has 0 fully saturated rings. The number of benzene rings is 2. The molecule has 5 rings (SSSR count). The van der Waals surface area contributed by atoms with Crippen LogP contribution in [0.4, 0.5) is 5.88 Å². The molecule has 0 atom stereocenters. The molecule has 0 unspecified atom stereocenters. The first kappa shape index (κ1) is 19.7. The monoisotopic (exact) mass is 441 g/mol. The largest absolute Gasteiger partial charge is 0.433 e. The second-order valence-electron chi connectivity index (χ2n) is 6.89. The lowest BCUT2D eigenvalue weighted by Crippen LogP contribution is -2.23. The lowest BCUT2D eigenvalue weighted by molar-refractivity contribution is -0.402. The van der Waals surface area contributed by atoms with E-state index in [9.17, 15) is 14.9 Å². The minimum Gasteiger partial charge on any atom is -0.401 e. The Balaban J connectivity index is 1.63. The normalized spacial score (nSPS) is 12.2. The summed E-state index contributed by atoms with van der Waals surface area (Å²) in [6, 6.07) is 22.3. The number of allylic oxidation sites excluding steroid dienone is 1. The number of aromatic nitrogens is 2. The minimum atomic E-state index is -0.597. The molecule has 2 aromatic carbocycles. The number of furan rings is 1. The molecule has 32 heavy (non-hydrogen) atoms. The van der Waals surface area contributed by atoms with E-state index in [-0.39, 0.29) is 11.4 Å². The Labute approximate surface area is 185 Å². The highest BCUT2D eigenvalue weighted by Crippen LogP contribution is 2.32. The molecule has 7 nitrogen and oxygen atoms in total. The highest BCUT2D eigenvalue weighted by atomic mass is 32.1. The molecule has 3 aromatic heterocycles. The zero-order valence-electron chi connectivity index (χ0n) is 16.5. The Hall–Kier alpha value is -4.30. The first-order chi connectivity index (χ1) is 15.6. The third kappa shape index (κ3) is 3.52. The molecule has 8 heteroatoms. The Bertz CT molecular complexity index is 1560. The van der Waals surface area contributed by atoms with Crippen molar-refractivity contribution in [2.45, 2.75) is 0 Å². The summed E-state index contributed by atoms with van der Waals surface area (Å²) >= 11 is 1.29. The molecule has 0 N–H and O–H groups in total. The first-order valence-corrected chi connectivity index (χ1v) is 10.5. The van der Waals surface area contributed by atoms with Gasteiger partial charge in [0.2, 0.25) is 0 Å². The molecule has 0 saturated heterocycles. The van der Waals surface area contributed by atoms with Gasteiger partial charge < -0.3 is 4.42 Å². The second-order valence-corrected chi connectivity index (χ2v) is 7.90. The zero-order chi connectivity index (χ0) is 22.1. The maximum Gasteiger partial charge on any atom is 0.433 e. The van der Waals surface area contributed by atoms with E-state index in [1.807, 2.05) is 60.7 Å². The fourth-order valence-electron chi connectivity index (χ4n) is 3.43. The van der Waals surface area contributed by atoms with Gasteiger partial charge in [0, 0.05) is 11.1 Å². The molecule has 5 aromatic rings. The van der Waals surface area contributed by atoms with Gasteiger partial charge in [-0.2, -0.15) is 0 Å². The summed E-state index contributed by atoms with van der Waals surface area (Å²) in [6.07, 6.45) is 4.87. The van der Waals surface area contributed by atoms with Gasteiger partial charge in [-0.15, -0.1) is 0 Å². The van der Waals surface area contributed by atoms with Crippen LogP contribution in [0, 0.1) is 10.1 Å². The van der Waals surface area contributed by atoms with Crippen molar-refractivity contribution < 1.29 is 9.34 Å². The van der Waals surface area contributed by atoms with Gasteiger partial charge in [-0.05, 0) is 18.2 Å². The van der Waals surface area contributed by atoms with Crippen molar-refractivity contribution >= 4 is 34.3 Å². The van der Waals surface area contributed by atoms with E-state index in [2.05, 4.69) is 0 Å². The summed E-state index contributed by atoms with van der Waals surface area (Å²) in [5, 5.41) is 10.7. The summed E-state index contributed by atoms with van der Waals surface area (Å²) in [7, 11) is 0. The molecule has 0 amide bonds. The highest BCUT2D eigenvalue weighted by molar-refractivity contribution is 7.15. The smallest absolute Gasteiger partial charge is 0.401 e. The third-order valence-corrected chi connectivity index (χ3v) is 5.84. The SMILES string of the molecule is O=c1c(=CC=Cc2ccc([N+](=O)[O-])o2)sc2nc(-c3ccccc3)c(-c3ccccc3)n12.